The van der Waals surface area contributed by atoms with Crippen molar-refractivity contribution in [2.45, 2.75) is 39.3 Å². The fourth-order valence-corrected chi connectivity index (χ4v) is 4.95. The van der Waals surface area contributed by atoms with Gasteiger partial charge >= 0.3 is 0 Å². The van der Waals surface area contributed by atoms with Gasteiger partial charge in [0.2, 0.25) is 0 Å². The maximum Gasteiger partial charge on any atom is 0.273 e. The molecular formula is C29H32ClN5O3. The molecule has 1 amide bonds. The van der Waals surface area contributed by atoms with E-state index in [9.17, 15) is 4.79 Å². The Bertz CT molecular complexity index is 1380. The zero-order valence-corrected chi connectivity index (χ0v) is 22.6. The van der Waals surface area contributed by atoms with Gasteiger partial charge in [-0.1, -0.05) is 43.6 Å². The van der Waals surface area contributed by atoms with Crippen molar-refractivity contribution < 1.29 is 14.3 Å². The summed E-state index contributed by atoms with van der Waals surface area (Å²) in [5, 5.41) is 8.21. The van der Waals surface area contributed by atoms with Crippen molar-refractivity contribution >= 4 is 17.5 Å². The summed E-state index contributed by atoms with van der Waals surface area (Å²) in [6, 6.07) is 13.1. The van der Waals surface area contributed by atoms with Gasteiger partial charge in [-0.25, -0.2) is 4.98 Å². The third kappa shape index (κ3) is 5.27. The van der Waals surface area contributed by atoms with Crippen LogP contribution in [0.4, 0.5) is 0 Å². The molecule has 0 fully saturated rings. The number of rotatable bonds is 11. The monoisotopic (exact) mass is 533 g/mol. The highest BCUT2D eigenvalue weighted by molar-refractivity contribution is 6.30. The number of hydrogen-bond acceptors (Lipinski definition) is 5. The molecule has 8 nitrogen and oxygen atoms in total. The smallest absolute Gasteiger partial charge is 0.273 e. The third-order valence-corrected chi connectivity index (χ3v) is 7.06. The number of ether oxygens (including phenoxy) is 2. The molecular weight excluding hydrogens is 502 g/mol. The Morgan fingerprint density at radius 1 is 1.11 bits per heavy atom. The number of hydrogen-bond donors (Lipinski definition) is 1. The molecule has 198 valence electrons. The number of aromatic amines is 1. The lowest BCUT2D eigenvalue weighted by Gasteiger charge is -2.27. The molecule has 1 unspecified atom stereocenters. The fourth-order valence-electron chi connectivity index (χ4n) is 4.82. The predicted molar refractivity (Wildman–Crippen MR) is 147 cm³/mol. The minimum Gasteiger partial charge on any atom is -0.493 e. The van der Waals surface area contributed by atoms with E-state index >= 15 is 0 Å². The van der Waals surface area contributed by atoms with Crippen molar-refractivity contribution in [2.75, 3.05) is 20.3 Å². The number of aromatic nitrogens is 4. The number of H-pyrrole nitrogens is 1. The van der Waals surface area contributed by atoms with E-state index in [2.05, 4.69) is 29.0 Å². The number of benzene rings is 2. The minimum absolute atomic E-state index is 0.0698. The van der Waals surface area contributed by atoms with Gasteiger partial charge in [0.15, 0.2) is 11.5 Å². The van der Waals surface area contributed by atoms with E-state index in [4.69, 9.17) is 21.1 Å². The first-order chi connectivity index (χ1) is 18.5. The standard InChI is InChI=1S/C29H32ClN5O3/c1-19(2)11-16-38-23-10-7-21(17-24(23)37-3)28-25-26(20-5-8-22(30)9-6-20)32-33-27(25)29(36)35(28)14-4-13-34-15-12-31-18-34/h5-10,12,15,17-19,28H,4,11,13-14,16H2,1-3H3,(H,32,33). The summed E-state index contributed by atoms with van der Waals surface area (Å²) < 4.78 is 13.8. The quantitative estimate of drug-likeness (QED) is 0.256. The average molecular weight is 534 g/mol. The van der Waals surface area contributed by atoms with Gasteiger partial charge in [-0.3, -0.25) is 9.89 Å². The van der Waals surface area contributed by atoms with Gasteiger partial charge in [0.25, 0.3) is 5.91 Å². The normalized spacial score (nSPS) is 14.8. The van der Waals surface area contributed by atoms with Crippen molar-refractivity contribution in [3.63, 3.8) is 0 Å². The number of imidazole rings is 1. The van der Waals surface area contributed by atoms with Crippen molar-refractivity contribution in [2.24, 2.45) is 5.92 Å². The second-order valence-electron chi connectivity index (χ2n) is 9.86. The minimum atomic E-state index is -0.330. The lowest BCUT2D eigenvalue weighted by molar-refractivity contribution is 0.0739. The average Bonchev–Trinajstić information content (AvgIpc) is 3.64. The van der Waals surface area contributed by atoms with E-state index in [0.29, 0.717) is 41.3 Å². The third-order valence-electron chi connectivity index (χ3n) is 6.81. The van der Waals surface area contributed by atoms with Crippen LogP contribution in [0.1, 0.15) is 54.3 Å². The predicted octanol–water partition coefficient (Wildman–Crippen LogP) is 6.00. The molecule has 1 N–H and O–H groups in total. The van der Waals surface area contributed by atoms with Crippen LogP contribution in [0.5, 0.6) is 11.5 Å². The highest BCUT2D eigenvalue weighted by atomic mass is 35.5. The number of amides is 1. The molecule has 0 spiro atoms. The SMILES string of the molecule is COc1cc(C2c3c(-c4ccc(Cl)cc4)n[nH]c3C(=O)N2CCCn2ccnc2)ccc1OCCC(C)C. The van der Waals surface area contributed by atoms with Gasteiger partial charge in [0.1, 0.15) is 5.69 Å². The summed E-state index contributed by atoms with van der Waals surface area (Å²) in [4.78, 5) is 19.7. The number of fused-ring (bicyclic) bond motifs is 1. The number of halogens is 1. The van der Waals surface area contributed by atoms with Gasteiger partial charge in [-0.2, -0.15) is 5.10 Å². The summed E-state index contributed by atoms with van der Waals surface area (Å²) >= 11 is 6.14. The number of nitrogens with one attached hydrogen (secondary N) is 1. The lowest BCUT2D eigenvalue weighted by atomic mass is 9.95. The molecule has 3 heterocycles. The van der Waals surface area contributed by atoms with Gasteiger partial charge in [-0.15, -0.1) is 0 Å². The van der Waals surface area contributed by atoms with Gasteiger partial charge in [0, 0.05) is 41.6 Å². The van der Waals surface area contributed by atoms with Crippen LogP contribution in [0.3, 0.4) is 0 Å². The van der Waals surface area contributed by atoms with Crippen LogP contribution in [-0.4, -0.2) is 50.8 Å². The zero-order valence-electron chi connectivity index (χ0n) is 21.9. The molecule has 4 aromatic rings. The van der Waals surface area contributed by atoms with Crippen molar-refractivity contribution in [1.29, 1.82) is 0 Å². The number of methoxy groups -OCH3 is 1. The molecule has 0 aliphatic carbocycles. The maximum absolute atomic E-state index is 13.7. The number of aryl methyl sites for hydroxylation is 1. The molecule has 0 saturated heterocycles. The van der Waals surface area contributed by atoms with E-state index in [1.54, 1.807) is 19.6 Å². The molecule has 1 atom stereocenters. The van der Waals surface area contributed by atoms with Crippen LogP contribution >= 0.6 is 11.6 Å². The molecule has 38 heavy (non-hydrogen) atoms. The summed E-state index contributed by atoms with van der Waals surface area (Å²) in [7, 11) is 1.64. The summed E-state index contributed by atoms with van der Waals surface area (Å²) in [5.41, 5.74) is 3.94. The zero-order chi connectivity index (χ0) is 26.6. The fraction of sp³-hybridized carbons (Fsp3) is 0.345. The van der Waals surface area contributed by atoms with Crippen LogP contribution < -0.4 is 9.47 Å². The van der Waals surface area contributed by atoms with Gasteiger partial charge in [-0.05, 0) is 48.6 Å². The Kier molecular flexibility index (Phi) is 7.69. The largest absolute Gasteiger partial charge is 0.493 e. The summed E-state index contributed by atoms with van der Waals surface area (Å²) in [5.74, 6) is 1.81. The van der Waals surface area contributed by atoms with E-state index in [1.807, 2.05) is 58.1 Å². The van der Waals surface area contributed by atoms with E-state index in [1.165, 1.54) is 0 Å². The Morgan fingerprint density at radius 2 is 1.92 bits per heavy atom. The van der Waals surface area contributed by atoms with Crippen LogP contribution in [0.25, 0.3) is 11.3 Å². The molecule has 2 aromatic carbocycles. The number of carbonyl (C=O) groups excluding carboxylic acids is 1. The second kappa shape index (κ2) is 11.3. The summed E-state index contributed by atoms with van der Waals surface area (Å²) in [6.07, 6.45) is 7.21. The van der Waals surface area contributed by atoms with Crippen molar-refractivity contribution in [3.8, 4) is 22.8 Å². The Hall–Kier alpha value is -3.78. The highest BCUT2D eigenvalue weighted by Gasteiger charge is 2.42. The van der Waals surface area contributed by atoms with Crippen molar-refractivity contribution in [3.05, 3.63) is 83.0 Å². The molecule has 5 rings (SSSR count). The van der Waals surface area contributed by atoms with Crippen molar-refractivity contribution in [1.82, 2.24) is 24.6 Å². The number of nitrogens with zero attached hydrogens (tertiary/aromatic N) is 4. The van der Waals surface area contributed by atoms with Crippen LogP contribution in [0, 0.1) is 5.92 Å². The molecule has 1 aliphatic rings. The second-order valence-corrected chi connectivity index (χ2v) is 10.3. The van der Waals surface area contributed by atoms with Gasteiger partial charge in [0.05, 0.1) is 31.8 Å². The first-order valence-electron chi connectivity index (χ1n) is 12.9. The van der Waals surface area contributed by atoms with Crippen LogP contribution in [0.15, 0.2) is 61.2 Å². The first kappa shape index (κ1) is 25.9. The Morgan fingerprint density at radius 3 is 2.63 bits per heavy atom. The molecule has 9 heteroatoms. The summed E-state index contributed by atoms with van der Waals surface area (Å²) in [6.45, 7) is 6.28. The lowest BCUT2D eigenvalue weighted by Crippen LogP contribution is -2.31. The topological polar surface area (TPSA) is 85.3 Å². The molecule has 0 bridgehead atoms. The molecule has 0 radical (unpaired) electrons. The molecule has 1 aliphatic heterocycles. The van der Waals surface area contributed by atoms with E-state index in [0.717, 1.165) is 41.8 Å². The highest BCUT2D eigenvalue weighted by Crippen LogP contribution is 2.44. The maximum atomic E-state index is 13.7. The van der Waals surface area contributed by atoms with Gasteiger partial charge < -0.3 is 18.9 Å². The Balaban J connectivity index is 1.50. The first-order valence-corrected chi connectivity index (χ1v) is 13.3. The number of carbonyl (C=O) groups is 1. The van der Waals surface area contributed by atoms with Crippen LogP contribution in [-0.2, 0) is 6.54 Å². The molecule has 0 saturated carbocycles. The van der Waals surface area contributed by atoms with E-state index < -0.39 is 0 Å². The van der Waals surface area contributed by atoms with Crippen LogP contribution in [0.2, 0.25) is 5.02 Å². The Labute approximate surface area is 227 Å². The molecule has 2 aromatic heterocycles. The van der Waals surface area contributed by atoms with E-state index in [-0.39, 0.29) is 11.9 Å².